The maximum absolute atomic E-state index is 13.3. The largest absolute Gasteiger partial charge is 0.368 e. The Kier molecular flexibility index (Phi) is 21.7. The number of allylic oxidation sites excluding steroid dienone is 5. The number of carbonyl (C=O) groups is 5. The van der Waals surface area contributed by atoms with Crippen LogP contribution in [0, 0.1) is 0 Å². The molecule has 0 fully saturated rings. The Labute approximate surface area is 306 Å². The average molecular weight is 718 g/mol. The Morgan fingerprint density at radius 1 is 0.942 bits per heavy atom. The second-order valence-corrected chi connectivity index (χ2v) is 11.8. The van der Waals surface area contributed by atoms with E-state index in [1.165, 1.54) is 37.9 Å². The molecule has 14 nitrogen and oxygen atoms in total. The average Bonchev–Trinajstić information content (AvgIpc) is 3.65. The zero-order chi connectivity index (χ0) is 38.9. The molecule has 282 valence electrons. The third-order valence-corrected chi connectivity index (χ3v) is 7.23. The lowest BCUT2D eigenvalue weighted by Gasteiger charge is -2.24. The maximum atomic E-state index is 13.3. The molecule has 0 aliphatic carbocycles. The molecule has 1 heterocycles. The Balaban J connectivity index is 0.000000883. The van der Waals surface area contributed by atoms with Gasteiger partial charge in [0.2, 0.25) is 29.5 Å². The van der Waals surface area contributed by atoms with Crippen molar-refractivity contribution in [2.45, 2.75) is 71.5 Å². The van der Waals surface area contributed by atoms with Crippen molar-refractivity contribution >= 4 is 40.3 Å². The molecule has 14 heteroatoms. The van der Waals surface area contributed by atoms with Crippen LogP contribution in [0.15, 0.2) is 91.4 Å². The third kappa shape index (κ3) is 18.4. The van der Waals surface area contributed by atoms with Gasteiger partial charge < -0.3 is 43.5 Å². The van der Waals surface area contributed by atoms with Crippen molar-refractivity contribution in [3.63, 3.8) is 0 Å². The minimum Gasteiger partial charge on any atom is -0.368 e. The number of primary amides is 1. The van der Waals surface area contributed by atoms with Crippen LogP contribution in [-0.2, 0) is 36.8 Å². The summed E-state index contributed by atoms with van der Waals surface area (Å²) < 4.78 is 0. The molecule has 2 aromatic carbocycles. The molecule has 0 aliphatic heterocycles. The number of H-pyrrole nitrogens is 1. The van der Waals surface area contributed by atoms with E-state index in [4.69, 9.17) is 17.2 Å². The molecule has 0 spiro atoms. The number of nitrogens with two attached hydrogens (primary N) is 3. The molecule has 0 bridgehead atoms. The first kappa shape index (κ1) is 44.4. The van der Waals surface area contributed by atoms with E-state index in [9.17, 15) is 24.0 Å². The number of unbranched alkanes of at least 4 members (excludes halogenated alkanes) is 1. The lowest BCUT2D eigenvalue weighted by atomic mass is 10.0. The molecular formula is C38H55N9O5. The van der Waals surface area contributed by atoms with Gasteiger partial charge in [0.25, 0.3) is 0 Å². The second kappa shape index (κ2) is 25.4. The Bertz CT molecular complexity index is 1630. The van der Waals surface area contributed by atoms with Gasteiger partial charge in [0, 0.05) is 24.7 Å². The summed E-state index contributed by atoms with van der Waals surface area (Å²) in [6.07, 6.45) is 13.4. The fourth-order valence-electron chi connectivity index (χ4n) is 4.27. The second-order valence-electron chi connectivity index (χ2n) is 11.8. The first-order chi connectivity index (χ1) is 24.8. The highest BCUT2D eigenvalue weighted by Gasteiger charge is 2.28. The number of nitrogens with one attached hydrogen (secondary N) is 5. The van der Waals surface area contributed by atoms with E-state index in [1.807, 2.05) is 80.6 Å². The maximum Gasteiger partial charge on any atom is 0.243 e. The highest BCUT2D eigenvalue weighted by molar-refractivity contribution is 5.94. The van der Waals surface area contributed by atoms with Gasteiger partial charge in [-0.05, 0) is 50.1 Å². The van der Waals surface area contributed by atoms with E-state index in [2.05, 4.69) is 44.7 Å². The van der Waals surface area contributed by atoms with E-state index < -0.39 is 54.2 Å². The summed E-state index contributed by atoms with van der Waals surface area (Å²) in [5.74, 6) is -3.16. The third-order valence-electron chi connectivity index (χ3n) is 7.23. The lowest BCUT2D eigenvalue weighted by Crippen LogP contribution is -2.57. The number of hydrogen-bond donors (Lipinski definition) is 8. The summed E-state index contributed by atoms with van der Waals surface area (Å²) in [5.41, 5.74) is 18.4. The molecule has 52 heavy (non-hydrogen) atoms. The molecule has 3 atom stereocenters. The van der Waals surface area contributed by atoms with E-state index in [1.54, 1.807) is 0 Å². The SMILES string of the molecule is C=C/C(C)=C\C=C/C.CC(N)C(=O)NC(Cc1cnc[nH]1)C(=O)NC(Cc1ccc2ccccc2c1)C(=O)NCC(=O)NCC(N)=O.CCCCN. The van der Waals surface area contributed by atoms with Gasteiger partial charge in [-0.25, -0.2) is 4.98 Å². The van der Waals surface area contributed by atoms with Crippen LogP contribution in [0.1, 0.15) is 51.8 Å². The zero-order valence-electron chi connectivity index (χ0n) is 30.6. The molecule has 3 unspecified atom stereocenters. The standard InChI is InChI=1S/C26H32N8O5.C8H12.C4H11N/c1-15(27)24(37)33-21(10-19-11-29-14-32-19)26(39)34-20(25(38)31-13-23(36)30-12-22(28)35)9-16-6-7-17-4-2-3-5-18(17)8-16;1-4-6-7-8(3)5-2;1-2-3-4-5/h2-8,11,14-15,20-21H,9-10,12-13,27H2,1H3,(H2,28,35)(H,29,32)(H,30,36)(H,31,38)(H,33,37)(H,34,39);4-7H,2H2,1,3H3;2-5H2,1H3/b;6-4-,8-7-;. The van der Waals surface area contributed by atoms with E-state index in [0.29, 0.717) is 5.69 Å². The van der Waals surface area contributed by atoms with Gasteiger partial charge in [-0.1, -0.05) is 92.3 Å². The number of rotatable bonds is 17. The topological polar surface area (TPSA) is 240 Å². The minimum atomic E-state index is -1.10. The normalized spacial score (nSPS) is 12.5. The molecule has 3 aromatic rings. The number of aromatic nitrogens is 2. The summed E-state index contributed by atoms with van der Waals surface area (Å²) in [5, 5.41) is 12.0. The zero-order valence-corrected chi connectivity index (χ0v) is 30.6. The number of nitrogens with zero attached hydrogens (tertiary/aromatic N) is 1. The predicted octanol–water partition coefficient (Wildman–Crippen LogP) is 1.82. The van der Waals surface area contributed by atoms with Crippen molar-refractivity contribution < 1.29 is 24.0 Å². The van der Waals surface area contributed by atoms with Crippen molar-refractivity contribution in [3.8, 4) is 0 Å². The number of fused-ring (bicyclic) bond motifs is 1. The van der Waals surface area contributed by atoms with Gasteiger partial charge in [-0.3, -0.25) is 24.0 Å². The summed E-state index contributed by atoms with van der Waals surface area (Å²) in [4.78, 5) is 68.5. The Morgan fingerprint density at radius 3 is 2.17 bits per heavy atom. The molecule has 1 aromatic heterocycles. The van der Waals surface area contributed by atoms with Crippen LogP contribution in [0.5, 0.6) is 0 Å². The van der Waals surface area contributed by atoms with Crippen LogP contribution in [-0.4, -0.2) is 77.3 Å². The number of benzene rings is 2. The van der Waals surface area contributed by atoms with Crippen LogP contribution in [0.4, 0.5) is 0 Å². The van der Waals surface area contributed by atoms with E-state index in [0.717, 1.165) is 22.9 Å². The number of aromatic amines is 1. The molecule has 0 saturated heterocycles. The smallest absolute Gasteiger partial charge is 0.243 e. The van der Waals surface area contributed by atoms with Crippen molar-refractivity contribution in [2.75, 3.05) is 19.6 Å². The minimum absolute atomic E-state index is 0.0735. The first-order valence-electron chi connectivity index (χ1n) is 17.1. The number of carbonyl (C=O) groups excluding carboxylic acids is 5. The van der Waals surface area contributed by atoms with E-state index in [-0.39, 0.29) is 19.4 Å². The summed E-state index contributed by atoms with van der Waals surface area (Å²) in [6, 6.07) is 10.3. The van der Waals surface area contributed by atoms with Crippen molar-refractivity contribution in [3.05, 3.63) is 103 Å². The fraction of sp³-hybridized carbons (Fsp3) is 0.368. The van der Waals surface area contributed by atoms with Crippen molar-refractivity contribution in [2.24, 2.45) is 17.2 Å². The Morgan fingerprint density at radius 2 is 1.62 bits per heavy atom. The van der Waals surface area contributed by atoms with Gasteiger partial charge in [0.1, 0.15) is 12.1 Å². The van der Waals surface area contributed by atoms with Gasteiger partial charge >= 0.3 is 0 Å². The monoisotopic (exact) mass is 717 g/mol. The quantitative estimate of drug-likeness (QED) is 0.0956. The van der Waals surface area contributed by atoms with Crippen LogP contribution < -0.4 is 38.5 Å². The van der Waals surface area contributed by atoms with Crippen LogP contribution >= 0.6 is 0 Å². The molecular weight excluding hydrogens is 662 g/mol. The van der Waals surface area contributed by atoms with Crippen LogP contribution in [0.2, 0.25) is 0 Å². The van der Waals surface area contributed by atoms with Gasteiger partial charge in [0.15, 0.2) is 0 Å². The number of hydrogen-bond acceptors (Lipinski definition) is 8. The van der Waals surface area contributed by atoms with Crippen LogP contribution in [0.25, 0.3) is 10.8 Å². The molecule has 0 saturated carbocycles. The molecule has 0 aliphatic rings. The molecule has 5 amide bonds. The summed E-state index contributed by atoms with van der Waals surface area (Å²) in [6.45, 7) is 11.3. The molecule has 0 radical (unpaired) electrons. The molecule has 3 rings (SSSR count). The predicted molar refractivity (Wildman–Crippen MR) is 205 cm³/mol. The van der Waals surface area contributed by atoms with E-state index >= 15 is 0 Å². The van der Waals surface area contributed by atoms with Gasteiger partial charge in [-0.2, -0.15) is 0 Å². The highest BCUT2D eigenvalue weighted by Crippen LogP contribution is 2.17. The number of imidazole rings is 1. The summed E-state index contributed by atoms with van der Waals surface area (Å²) >= 11 is 0. The fourth-order valence-corrected chi connectivity index (χ4v) is 4.27. The van der Waals surface area contributed by atoms with Gasteiger partial charge in [-0.15, -0.1) is 0 Å². The number of amides is 5. The first-order valence-corrected chi connectivity index (χ1v) is 17.1. The highest BCUT2D eigenvalue weighted by atomic mass is 16.2. The van der Waals surface area contributed by atoms with Crippen LogP contribution in [0.3, 0.4) is 0 Å². The summed E-state index contributed by atoms with van der Waals surface area (Å²) in [7, 11) is 0. The van der Waals surface area contributed by atoms with Crippen molar-refractivity contribution in [1.29, 1.82) is 0 Å². The lowest BCUT2D eigenvalue weighted by molar-refractivity contribution is -0.133. The Hall–Kier alpha value is -5.60. The molecule has 11 N–H and O–H groups in total. The van der Waals surface area contributed by atoms with Crippen molar-refractivity contribution in [1.82, 2.24) is 31.2 Å². The van der Waals surface area contributed by atoms with Gasteiger partial charge in [0.05, 0.1) is 25.5 Å².